The van der Waals surface area contributed by atoms with Crippen LogP contribution in [0.3, 0.4) is 0 Å². The lowest BCUT2D eigenvalue weighted by Gasteiger charge is -2.20. The average molecular weight is 326 g/mol. The Balaban J connectivity index is 1.67. The Morgan fingerprint density at radius 1 is 1.38 bits per heavy atom. The molecule has 0 bridgehead atoms. The molecule has 0 radical (unpaired) electrons. The van der Waals surface area contributed by atoms with Crippen molar-refractivity contribution in [3.05, 3.63) is 64.0 Å². The molecule has 0 saturated carbocycles. The van der Waals surface area contributed by atoms with Crippen molar-refractivity contribution in [2.75, 3.05) is 18.0 Å². The van der Waals surface area contributed by atoms with Crippen molar-refractivity contribution in [1.29, 1.82) is 0 Å². The van der Waals surface area contributed by atoms with Gasteiger partial charge in [0.15, 0.2) is 0 Å². The van der Waals surface area contributed by atoms with Gasteiger partial charge in [0.2, 0.25) is 5.91 Å². The quantitative estimate of drug-likeness (QED) is 0.672. The standard InChI is InChI=1S/C17H18N4O3/c1-12(13-4-7-18-8-5-13)19-11-17(22)20-9-6-14-2-3-15(21(23)24)10-16(14)20/h2-5,7-8,10,12,19H,6,9,11H2,1H3. The van der Waals surface area contributed by atoms with Crippen LogP contribution in [0.2, 0.25) is 0 Å². The molecule has 3 rings (SSSR count). The van der Waals surface area contributed by atoms with Gasteiger partial charge < -0.3 is 10.2 Å². The molecule has 7 nitrogen and oxygen atoms in total. The number of pyridine rings is 1. The Labute approximate surface area is 139 Å². The topological polar surface area (TPSA) is 88.4 Å². The van der Waals surface area contributed by atoms with Crippen LogP contribution in [0.25, 0.3) is 0 Å². The lowest BCUT2D eigenvalue weighted by molar-refractivity contribution is -0.384. The minimum atomic E-state index is -0.439. The number of rotatable bonds is 5. The highest BCUT2D eigenvalue weighted by atomic mass is 16.6. The molecule has 0 spiro atoms. The highest BCUT2D eigenvalue weighted by Gasteiger charge is 2.26. The summed E-state index contributed by atoms with van der Waals surface area (Å²) >= 11 is 0. The van der Waals surface area contributed by atoms with Crippen LogP contribution in [-0.4, -0.2) is 28.9 Å². The van der Waals surface area contributed by atoms with E-state index in [9.17, 15) is 14.9 Å². The fourth-order valence-corrected chi connectivity index (χ4v) is 2.85. The molecule has 1 amide bonds. The number of carbonyl (C=O) groups is 1. The van der Waals surface area contributed by atoms with Crippen molar-refractivity contribution in [3.8, 4) is 0 Å². The molecular weight excluding hydrogens is 308 g/mol. The van der Waals surface area contributed by atoms with Gasteiger partial charge >= 0.3 is 0 Å². The predicted octanol–water partition coefficient (Wildman–Crippen LogP) is 2.23. The number of hydrogen-bond acceptors (Lipinski definition) is 5. The summed E-state index contributed by atoms with van der Waals surface area (Å²) in [6.45, 7) is 2.71. The van der Waals surface area contributed by atoms with E-state index >= 15 is 0 Å². The molecule has 2 heterocycles. The van der Waals surface area contributed by atoms with E-state index in [1.165, 1.54) is 12.1 Å². The summed E-state index contributed by atoms with van der Waals surface area (Å²) in [6, 6.07) is 8.51. The van der Waals surface area contributed by atoms with E-state index < -0.39 is 4.92 Å². The summed E-state index contributed by atoms with van der Waals surface area (Å²) in [7, 11) is 0. The van der Waals surface area contributed by atoms with Crippen molar-refractivity contribution in [2.24, 2.45) is 0 Å². The van der Waals surface area contributed by atoms with E-state index in [2.05, 4.69) is 10.3 Å². The molecule has 1 aromatic carbocycles. The van der Waals surface area contributed by atoms with Crippen LogP contribution in [0.5, 0.6) is 0 Å². The van der Waals surface area contributed by atoms with Crippen LogP contribution in [-0.2, 0) is 11.2 Å². The maximum Gasteiger partial charge on any atom is 0.271 e. The molecular formula is C17H18N4O3. The van der Waals surface area contributed by atoms with Gasteiger partial charge in [-0.1, -0.05) is 6.07 Å². The zero-order valence-corrected chi connectivity index (χ0v) is 13.3. The number of nitrogens with one attached hydrogen (secondary N) is 1. The van der Waals surface area contributed by atoms with Crippen LogP contribution in [0.4, 0.5) is 11.4 Å². The lowest BCUT2D eigenvalue weighted by Crippen LogP contribution is -2.38. The second kappa shape index (κ2) is 6.76. The third-order valence-electron chi connectivity index (χ3n) is 4.24. The number of fused-ring (bicyclic) bond motifs is 1. The molecule has 7 heteroatoms. The molecule has 2 aromatic rings. The fraction of sp³-hybridized carbons (Fsp3) is 0.294. The monoisotopic (exact) mass is 326 g/mol. The number of nitro groups is 1. The Kier molecular flexibility index (Phi) is 4.52. The van der Waals surface area contributed by atoms with E-state index in [1.807, 2.05) is 19.1 Å². The minimum Gasteiger partial charge on any atom is -0.310 e. The number of benzene rings is 1. The molecule has 1 atom stereocenters. The maximum atomic E-state index is 12.5. The van der Waals surface area contributed by atoms with Gasteiger partial charge in [-0.05, 0) is 36.6 Å². The molecule has 0 saturated heterocycles. The van der Waals surface area contributed by atoms with Gasteiger partial charge in [-0.15, -0.1) is 0 Å². The number of nitrogens with zero attached hydrogens (tertiary/aromatic N) is 3. The first-order valence-electron chi connectivity index (χ1n) is 7.77. The van der Waals surface area contributed by atoms with Crippen molar-refractivity contribution < 1.29 is 9.72 Å². The molecule has 24 heavy (non-hydrogen) atoms. The second-order valence-corrected chi connectivity index (χ2v) is 5.75. The molecule has 1 aliphatic rings. The zero-order valence-electron chi connectivity index (χ0n) is 13.3. The zero-order chi connectivity index (χ0) is 17.1. The number of carbonyl (C=O) groups excluding carboxylic acids is 1. The molecule has 0 fully saturated rings. The summed E-state index contributed by atoms with van der Waals surface area (Å²) in [5.41, 5.74) is 2.67. The van der Waals surface area contributed by atoms with Gasteiger partial charge in [-0.3, -0.25) is 19.9 Å². The minimum absolute atomic E-state index is 0.00608. The van der Waals surface area contributed by atoms with E-state index in [-0.39, 0.29) is 24.2 Å². The van der Waals surface area contributed by atoms with Gasteiger partial charge in [0.05, 0.1) is 17.2 Å². The Morgan fingerprint density at radius 2 is 2.12 bits per heavy atom. The van der Waals surface area contributed by atoms with Crippen LogP contribution < -0.4 is 10.2 Å². The molecule has 1 aliphatic heterocycles. The van der Waals surface area contributed by atoms with Crippen molar-refractivity contribution >= 4 is 17.3 Å². The molecule has 1 aromatic heterocycles. The number of nitro benzene ring substituents is 1. The third-order valence-corrected chi connectivity index (χ3v) is 4.24. The van der Waals surface area contributed by atoms with Gasteiger partial charge in [-0.25, -0.2) is 0 Å². The van der Waals surface area contributed by atoms with Crippen molar-refractivity contribution in [3.63, 3.8) is 0 Å². The Morgan fingerprint density at radius 3 is 2.83 bits per heavy atom. The van der Waals surface area contributed by atoms with Gasteiger partial charge in [0.25, 0.3) is 5.69 Å². The fourth-order valence-electron chi connectivity index (χ4n) is 2.85. The van der Waals surface area contributed by atoms with Crippen LogP contribution in [0.1, 0.15) is 24.1 Å². The lowest BCUT2D eigenvalue weighted by atomic mass is 10.1. The second-order valence-electron chi connectivity index (χ2n) is 5.75. The highest BCUT2D eigenvalue weighted by molar-refractivity contribution is 5.97. The number of aromatic nitrogens is 1. The number of amides is 1. The van der Waals surface area contributed by atoms with Crippen LogP contribution >= 0.6 is 0 Å². The predicted molar refractivity (Wildman–Crippen MR) is 89.8 cm³/mol. The Hall–Kier alpha value is -2.80. The first-order chi connectivity index (χ1) is 11.6. The first-order valence-corrected chi connectivity index (χ1v) is 7.77. The molecule has 1 unspecified atom stereocenters. The Bertz CT molecular complexity index is 764. The third kappa shape index (κ3) is 3.26. The molecule has 0 aliphatic carbocycles. The average Bonchev–Trinajstić information content (AvgIpc) is 3.03. The number of anilines is 1. The van der Waals surface area contributed by atoms with E-state index in [0.29, 0.717) is 12.2 Å². The normalized spacial score (nSPS) is 14.3. The first kappa shape index (κ1) is 16.1. The molecule has 1 N–H and O–H groups in total. The number of non-ortho nitro benzene ring substituents is 1. The van der Waals surface area contributed by atoms with Crippen LogP contribution in [0.15, 0.2) is 42.7 Å². The maximum absolute atomic E-state index is 12.5. The van der Waals surface area contributed by atoms with E-state index in [1.54, 1.807) is 23.4 Å². The van der Waals surface area contributed by atoms with E-state index in [0.717, 1.165) is 17.5 Å². The van der Waals surface area contributed by atoms with Gasteiger partial charge in [0.1, 0.15) is 0 Å². The van der Waals surface area contributed by atoms with Crippen molar-refractivity contribution in [1.82, 2.24) is 10.3 Å². The summed E-state index contributed by atoms with van der Waals surface area (Å²) in [4.78, 5) is 28.6. The molecule has 124 valence electrons. The number of hydrogen-bond donors (Lipinski definition) is 1. The summed E-state index contributed by atoms with van der Waals surface area (Å²) in [6.07, 6.45) is 4.15. The van der Waals surface area contributed by atoms with Crippen molar-refractivity contribution in [2.45, 2.75) is 19.4 Å². The van der Waals surface area contributed by atoms with Gasteiger partial charge in [0, 0.05) is 37.1 Å². The highest BCUT2D eigenvalue weighted by Crippen LogP contribution is 2.31. The largest absolute Gasteiger partial charge is 0.310 e. The summed E-state index contributed by atoms with van der Waals surface area (Å²) in [5, 5.41) is 14.1. The summed E-state index contributed by atoms with van der Waals surface area (Å²) in [5.74, 6) is -0.0878. The smallest absolute Gasteiger partial charge is 0.271 e. The van der Waals surface area contributed by atoms with Gasteiger partial charge in [-0.2, -0.15) is 0 Å². The summed E-state index contributed by atoms with van der Waals surface area (Å²) < 4.78 is 0. The van der Waals surface area contributed by atoms with E-state index in [4.69, 9.17) is 0 Å². The van der Waals surface area contributed by atoms with Crippen LogP contribution in [0, 0.1) is 10.1 Å². The SMILES string of the molecule is CC(NCC(=O)N1CCc2ccc([N+](=O)[O-])cc21)c1ccncc1.